The van der Waals surface area contributed by atoms with Gasteiger partial charge in [0.25, 0.3) is 0 Å². The lowest BCUT2D eigenvalue weighted by Gasteiger charge is -2.50. The number of hydrogen-bond donors (Lipinski definition) is 0. The summed E-state index contributed by atoms with van der Waals surface area (Å²) in [5.74, 6) is 2.20. The maximum absolute atomic E-state index is 10.3. The van der Waals surface area contributed by atoms with Crippen molar-refractivity contribution in [1.82, 2.24) is 14.1 Å². The molecule has 4 heterocycles. The Balaban J connectivity index is 1.17. The van der Waals surface area contributed by atoms with Crippen LogP contribution in [-0.2, 0) is 17.9 Å². The summed E-state index contributed by atoms with van der Waals surface area (Å²) in [6.45, 7) is 4.47. The largest absolute Gasteiger partial charge is 0.458 e. The molecule has 9 aromatic rings. The molecule has 0 amide bonds. The molecule has 1 aliphatic carbocycles. The van der Waals surface area contributed by atoms with Gasteiger partial charge in [0, 0.05) is 28.5 Å². The van der Waals surface area contributed by atoms with Crippen LogP contribution < -0.4 is 9.30 Å². The number of pyridine rings is 1. The first kappa shape index (κ1) is 32.0. The third kappa shape index (κ3) is 4.09. The SMILES string of the molecule is C[n+]1[c-]n2c3c(cccc31)C1(c3ccc(Oc4ccc5c6ccccc6n(-c6ccccn6)c5c4)cc3-2)c2cc(C#N)ccc2C(C)(C)c2ccc(C#N)cc21. The van der Waals surface area contributed by atoms with E-state index < -0.39 is 10.8 Å². The average molecular weight is 721 g/mol. The molecule has 0 unspecified atom stereocenters. The molecule has 264 valence electrons. The standard InChI is InChI=1S/C49H32N6O/c1-48(2)36-19-14-30(27-50)23-40(36)49(41-24-31(28-51)15-20-37(41)48)38-21-17-33(26-45(38)54-29-53(3)43-12-8-10-39(49)47(43)54)56-32-16-18-35-34-9-4-5-11-42(34)55(44(35)25-32)46-13-6-7-22-52-46/h4-26H,1-3H3. The zero-order valence-electron chi connectivity index (χ0n) is 30.9. The van der Waals surface area contributed by atoms with Gasteiger partial charge >= 0.3 is 0 Å². The number of ether oxygens (including phenoxy) is 1. The molecule has 1 spiro atoms. The molecular formula is C49H32N6O. The van der Waals surface area contributed by atoms with E-state index in [9.17, 15) is 10.5 Å². The van der Waals surface area contributed by atoms with Crippen LogP contribution in [0.25, 0.3) is 44.3 Å². The number of imidazole rings is 1. The molecule has 56 heavy (non-hydrogen) atoms. The van der Waals surface area contributed by atoms with Crippen LogP contribution in [0.5, 0.6) is 11.5 Å². The molecule has 0 fully saturated rings. The minimum atomic E-state index is -0.856. The molecule has 6 aromatic carbocycles. The molecule has 3 aromatic heterocycles. The van der Waals surface area contributed by atoms with Gasteiger partial charge in [0.1, 0.15) is 17.3 Å². The summed E-state index contributed by atoms with van der Waals surface area (Å²) >= 11 is 0. The molecule has 0 saturated carbocycles. The van der Waals surface area contributed by atoms with Crippen LogP contribution in [0.2, 0.25) is 0 Å². The molecule has 7 heteroatoms. The topological polar surface area (TPSA) is 83.4 Å². The second-order valence-electron chi connectivity index (χ2n) is 15.3. The highest BCUT2D eigenvalue weighted by atomic mass is 16.5. The maximum atomic E-state index is 10.3. The highest BCUT2D eigenvalue weighted by Crippen LogP contribution is 2.60. The Morgan fingerprint density at radius 3 is 2.05 bits per heavy atom. The molecule has 0 atom stereocenters. The first-order chi connectivity index (χ1) is 27.3. The summed E-state index contributed by atoms with van der Waals surface area (Å²) in [6, 6.07) is 50.3. The van der Waals surface area contributed by atoms with Crippen LogP contribution in [0.3, 0.4) is 0 Å². The number of para-hydroxylation sites is 2. The van der Waals surface area contributed by atoms with Crippen LogP contribution in [0, 0.1) is 29.0 Å². The lowest BCUT2D eigenvalue weighted by atomic mass is 9.53. The summed E-state index contributed by atoms with van der Waals surface area (Å²) in [5.41, 5.74) is 11.4. The molecule has 1 aliphatic heterocycles. The minimum absolute atomic E-state index is 0.401. The maximum Gasteiger partial charge on any atom is 0.244 e. The first-order valence-electron chi connectivity index (χ1n) is 18.6. The number of aryl methyl sites for hydroxylation is 1. The van der Waals surface area contributed by atoms with E-state index in [1.165, 1.54) is 0 Å². The van der Waals surface area contributed by atoms with Crippen molar-refractivity contribution in [3.8, 4) is 35.1 Å². The van der Waals surface area contributed by atoms with Crippen molar-refractivity contribution in [2.45, 2.75) is 24.7 Å². The number of rotatable bonds is 3. The van der Waals surface area contributed by atoms with Gasteiger partial charge < -0.3 is 13.9 Å². The van der Waals surface area contributed by atoms with Gasteiger partial charge in [-0.25, -0.2) is 4.98 Å². The monoisotopic (exact) mass is 720 g/mol. The van der Waals surface area contributed by atoms with Gasteiger partial charge in [-0.3, -0.25) is 4.57 Å². The van der Waals surface area contributed by atoms with Crippen LogP contribution in [0.4, 0.5) is 0 Å². The van der Waals surface area contributed by atoms with Crippen molar-refractivity contribution in [3.63, 3.8) is 0 Å². The third-order valence-electron chi connectivity index (χ3n) is 12.1. The van der Waals surface area contributed by atoms with E-state index in [1.54, 1.807) is 0 Å². The van der Waals surface area contributed by atoms with Gasteiger partial charge in [0.05, 0.1) is 63.5 Å². The summed E-state index contributed by atoms with van der Waals surface area (Å²) < 4.78 is 13.2. The van der Waals surface area contributed by atoms with Gasteiger partial charge in [-0.2, -0.15) is 10.5 Å². The predicted octanol–water partition coefficient (Wildman–Crippen LogP) is 9.62. The zero-order chi connectivity index (χ0) is 37.9. The Labute approximate surface area is 323 Å². The normalized spacial score (nSPS) is 14.2. The van der Waals surface area contributed by atoms with Crippen LogP contribution >= 0.6 is 0 Å². The average Bonchev–Trinajstić information content (AvgIpc) is 3.75. The number of hydrogen-bond acceptors (Lipinski definition) is 4. The van der Waals surface area contributed by atoms with E-state index in [0.29, 0.717) is 22.6 Å². The number of aromatic nitrogens is 4. The smallest absolute Gasteiger partial charge is 0.244 e. The number of fused-ring (bicyclic) bond motifs is 11. The third-order valence-corrected chi connectivity index (χ3v) is 12.1. The first-order valence-corrected chi connectivity index (χ1v) is 18.6. The van der Waals surface area contributed by atoms with Gasteiger partial charge in [0.15, 0.2) is 0 Å². The summed E-state index contributed by atoms with van der Waals surface area (Å²) in [5, 5.41) is 22.8. The van der Waals surface area contributed by atoms with Crippen molar-refractivity contribution in [3.05, 3.63) is 190 Å². The fraction of sp³-hybridized carbons (Fsp3) is 0.102. The van der Waals surface area contributed by atoms with E-state index in [0.717, 1.165) is 77.7 Å². The lowest BCUT2D eigenvalue weighted by Crippen LogP contribution is -2.44. The fourth-order valence-corrected chi connectivity index (χ4v) is 9.68. The van der Waals surface area contributed by atoms with Crippen LogP contribution in [0.1, 0.15) is 58.4 Å². The quantitative estimate of drug-likeness (QED) is 0.134. The van der Waals surface area contributed by atoms with E-state index in [1.807, 2.05) is 60.3 Å². The zero-order valence-corrected chi connectivity index (χ0v) is 30.9. The lowest BCUT2D eigenvalue weighted by molar-refractivity contribution is -0.649. The number of nitriles is 2. The Morgan fingerprint density at radius 2 is 1.32 bits per heavy atom. The van der Waals surface area contributed by atoms with E-state index >= 15 is 0 Å². The highest BCUT2D eigenvalue weighted by Gasteiger charge is 2.52. The second kappa shape index (κ2) is 11.3. The molecular weight excluding hydrogens is 689 g/mol. The van der Waals surface area contributed by atoms with Gasteiger partial charge in [-0.05, 0) is 100 Å². The predicted molar refractivity (Wildman–Crippen MR) is 215 cm³/mol. The molecule has 2 aliphatic rings. The number of benzene rings is 6. The Kier molecular flexibility index (Phi) is 6.44. The molecule has 0 bridgehead atoms. The van der Waals surface area contributed by atoms with Crippen molar-refractivity contribution < 1.29 is 9.30 Å². The second-order valence-corrected chi connectivity index (χ2v) is 15.3. The van der Waals surface area contributed by atoms with Gasteiger partial charge in [0.2, 0.25) is 6.33 Å². The van der Waals surface area contributed by atoms with Crippen LogP contribution in [0.15, 0.2) is 140 Å². The molecule has 0 radical (unpaired) electrons. The summed E-state index contributed by atoms with van der Waals surface area (Å²) in [6.07, 6.45) is 5.42. The van der Waals surface area contributed by atoms with E-state index in [4.69, 9.17) is 9.72 Å². The molecule has 7 nitrogen and oxygen atoms in total. The van der Waals surface area contributed by atoms with Crippen molar-refractivity contribution in [2.24, 2.45) is 7.05 Å². The minimum Gasteiger partial charge on any atom is -0.458 e. The van der Waals surface area contributed by atoms with Crippen molar-refractivity contribution in [1.29, 1.82) is 10.5 Å². The summed E-state index contributed by atoms with van der Waals surface area (Å²) in [7, 11) is 2.02. The van der Waals surface area contributed by atoms with E-state index in [2.05, 4.69) is 132 Å². The Hall–Kier alpha value is -7.48. The van der Waals surface area contributed by atoms with E-state index in [-0.39, 0.29) is 0 Å². The Morgan fingerprint density at radius 1 is 0.643 bits per heavy atom. The molecule has 0 N–H and O–H groups in total. The molecule has 0 saturated heterocycles. The van der Waals surface area contributed by atoms with Crippen LogP contribution in [-0.4, -0.2) is 14.1 Å². The fourth-order valence-electron chi connectivity index (χ4n) is 9.68. The van der Waals surface area contributed by atoms with Gasteiger partial charge in [-0.1, -0.05) is 74.5 Å². The molecule has 11 rings (SSSR count). The Bertz CT molecular complexity index is 3180. The van der Waals surface area contributed by atoms with Crippen molar-refractivity contribution >= 4 is 32.8 Å². The highest BCUT2D eigenvalue weighted by molar-refractivity contribution is 6.09. The van der Waals surface area contributed by atoms with Gasteiger partial charge in [-0.15, -0.1) is 0 Å². The van der Waals surface area contributed by atoms with Crippen molar-refractivity contribution in [2.75, 3.05) is 0 Å². The number of nitrogens with zero attached hydrogens (tertiary/aromatic N) is 6. The summed E-state index contributed by atoms with van der Waals surface area (Å²) in [4.78, 5) is 4.70.